The van der Waals surface area contributed by atoms with Gasteiger partial charge in [0, 0.05) is 0 Å². The van der Waals surface area contributed by atoms with E-state index in [0.29, 0.717) is 11.6 Å². The molecule has 7 heteroatoms. The number of methoxy groups -OCH3 is 1. The molecule has 74 valence electrons. The molecular weight excluding hydrogens is 196 g/mol. The van der Waals surface area contributed by atoms with Crippen molar-refractivity contribution in [2.24, 2.45) is 5.73 Å². The van der Waals surface area contributed by atoms with Crippen LogP contribution in [-0.4, -0.2) is 28.3 Å². The summed E-state index contributed by atoms with van der Waals surface area (Å²) in [5.74, 6) is 0.617. The van der Waals surface area contributed by atoms with E-state index in [1.165, 1.54) is 7.11 Å². The first-order valence-corrected chi connectivity index (χ1v) is 3.43. The van der Waals surface area contributed by atoms with Gasteiger partial charge in [0.15, 0.2) is 5.82 Å². The second-order valence-corrected chi connectivity index (χ2v) is 2.16. The molecule has 0 aliphatic rings. The summed E-state index contributed by atoms with van der Waals surface area (Å²) < 4.78 is 4.44. The Morgan fingerprint density at radius 2 is 2.38 bits per heavy atom. The number of carbonyl (C=O) groups is 1. The number of ether oxygens (including phenoxy) is 1. The predicted octanol–water partition coefficient (Wildman–Crippen LogP) is -0.599. The highest BCUT2D eigenvalue weighted by Gasteiger charge is 2.06. The van der Waals surface area contributed by atoms with E-state index in [0.717, 1.165) is 0 Å². The standard InChI is InChI=1S/C6H10N4O2.ClH/c1-12-6(11)2-4-8-5(3-7)10-9-4;/h2-3,7H2,1H3,(H,8,9,10);1H. The molecule has 0 unspecified atom stereocenters. The van der Waals surface area contributed by atoms with Crippen molar-refractivity contribution in [2.75, 3.05) is 7.11 Å². The van der Waals surface area contributed by atoms with E-state index in [4.69, 9.17) is 5.73 Å². The van der Waals surface area contributed by atoms with Gasteiger partial charge in [-0.15, -0.1) is 12.4 Å². The summed E-state index contributed by atoms with van der Waals surface area (Å²) in [5.41, 5.74) is 5.27. The number of nitrogens with zero attached hydrogens (tertiary/aromatic N) is 2. The van der Waals surface area contributed by atoms with Crippen LogP contribution in [0.15, 0.2) is 0 Å². The summed E-state index contributed by atoms with van der Waals surface area (Å²) in [5, 5.41) is 6.33. The maximum Gasteiger partial charge on any atom is 0.313 e. The molecule has 1 aromatic heterocycles. The van der Waals surface area contributed by atoms with Crippen molar-refractivity contribution in [1.82, 2.24) is 15.2 Å². The normalized spacial score (nSPS) is 9.08. The van der Waals surface area contributed by atoms with E-state index in [2.05, 4.69) is 19.9 Å². The molecule has 0 spiro atoms. The molecule has 1 aromatic rings. The molecule has 1 heterocycles. The molecule has 0 aromatic carbocycles. The number of hydrogen-bond donors (Lipinski definition) is 2. The van der Waals surface area contributed by atoms with Gasteiger partial charge in [0.1, 0.15) is 12.2 Å². The fraction of sp³-hybridized carbons (Fsp3) is 0.500. The van der Waals surface area contributed by atoms with E-state index in [9.17, 15) is 4.79 Å². The van der Waals surface area contributed by atoms with Gasteiger partial charge in [-0.25, -0.2) is 4.98 Å². The van der Waals surface area contributed by atoms with Gasteiger partial charge < -0.3 is 10.5 Å². The fourth-order valence-electron chi connectivity index (χ4n) is 0.714. The molecular formula is C6H11ClN4O2. The van der Waals surface area contributed by atoms with Crippen molar-refractivity contribution in [1.29, 1.82) is 0 Å². The highest BCUT2D eigenvalue weighted by atomic mass is 35.5. The Morgan fingerprint density at radius 1 is 1.69 bits per heavy atom. The third-order valence-corrected chi connectivity index (χ3v) is 1.30. The molecule has 13 heavy (non-hydrogen) atoms. The Balaban J connectivity index is 0.00000144. The molecule has 0 aliphatic heterocycles. The molecule has 0 fully saturated rings. The van der Waals surface area contributed by atoms with Gasteiger partial charge in [-0.05, 0) is 0 Å². The number of nitrogens with one attached hydrogen (secondary N) is 1. The van der Waals surface area contributed by atoms with Crippen LogP contribution in [0.3, 0.4) is 0 Å². The molecule has 0 atom stereocenters. The number of H-pyrrole nitrogens is 1. The van der Waals surface area contributed by atoms with Gasteiger partial charge in [-0.2, -0.15) is 5.10 Å². The Kier molecular flexibility index (Phi) is 5.01. The van der Waals surface area contributed by atoms with Crippen molar-refractivity contribution in [3.8, 4) is 0 Å². The number of aromatic amines is 1. The monoisotopic (exact) mass is 206 g/mol. The van der Waals surface area contributed by atoms with Crippen molar-refractivity contribution < 1.29 is 9.53 Å². The maximum atomic E-state index is 10.7. The molecule has 0 saturated carbocycles. The SMILES string of the molecule is COC(=O)Cc1nc(CN)n[nH]1.Cl. The molecule has 0 aliphatic carbocycles. The zero-order valence-corrected chi connectivity index (χ0v) is 7.93. The van der Waals surface area contributed by atoms with Crippen molar-refractivity contribution in [2.45, 2.75) is 13.0 Å². The molecule has 3 N–H and O–H groups in total. The number of nitrogens with two attached hydrogens (primary N) is 1. The summed E-state index contributed by atoms with van der Waals surface area (Å²) in [7, 11) is 1.32. The van der Waals surface area contributed by atoms with E-state index in [1.807, 2.05) is 0 Å². The van der Waals surface area contributed by atoms with E-state index in [-0.39, 0.29) is 31.3 Å². The first-order chi connectivity index (χ1) is 5.76. The van der Waals surface area contributed by atoms with Crippen molar-refractivity contribution >= 4 is 18.4 Å². The highest BCUT2D eigenvalue weighted by molar-refractivity contribution is 5.85. The zero-order valence-electron chi connectivity index (χ0n) is 7.11. The minimum atomic E-state index is -0.352. The van der Waals surface area contributed by atoms with Crippen LogP contribution >= 0.6 is 12.4 Å². The van der Waals surface area contributed by atoms with Crippen molar-refractivity contribution in [3.05, 3.63) is 11.6 Å². The van der Waals surface area contributed by atoms with Gasteiger partial charge in [-0.1, -0.05) is 0 Å². The lowest BCUT2D eigenvalue weighted by atomic mass is 10.4. The largest absolute Gasteiger partial charge is 0.469 e. The Morgan fingerprint density at radius 3 is 2.85 bits per heavy atom. The third-order valence-electron chi connectivity index (χ3n) is 1.30. The summed E-state index contributed by atoms with van der Waals surface area (Å²) in [6, 6.07) is 0. The fourth-order valence-corrected chi connectivity index (χ4v) is 0.714. The second-order valence-electron chi connectivity index (χ2n) is 2.16. The van der Waals surface area contributed by atoms with Gasteiger partial charge in [0.05, 0.1) is 13.7 Å². The minimum Gasteiger partial charge on any atom is -0.469 e. The van der Waals surface area contributed by atoms with Crippen LogP contribution in [-0.2, 0) is 22.5 Å². The Hall–Kier alpha value is -1.14. The average molecular weight is 207 g/mol. The van der Waals surface area contributed by atoms with Gasteiger partial charge in [0.2, 0.25) is 0 Å². The van der Waals surface area contributed by atoms with Gasteiger partial charge in [0.25, 0.3) is 0 Å². The first-order valence-electron chi connectivity index (χ1n) is 3.43. The molecule has 0 saturated heterocycles. The summed E-state index contributed by atoms with van der Waals surface area (Å²) in [4.78, 5) is 14.7. The topological polar surface area (TPSA) is 93.9 Å². The van der Waals surface area contributed by atoms with Crippen LogP contribution < -0.4 is 5.73 Å². The summed E-state index contributed by atoms with van der Waals surface area (Å²) in [6.07, 6.45) is 0.101. The number of carbonyl (C=O) groups excluding carboxylic acids is 1. The van der Waals surface area contributed by atoms with E-state index in [1.54, 1.807) is 0 Å². The van der Waals surface area contributed by atoms with Crippen LogP contribution in [0.1, 0.15) is 11.6 Å². The first kappa shape index (κ1) is 11.9. The minimum absolute atomic E-state index is 0. The third kappa shape index (κ3) is 3.39. The van der Waals surface area contributed by atoms with Crippen LogP contribution in [0, 0.1) is 0 Å². The molecule has 0 bridgehead atoms. The molecule has 1 rings (SSSR count). The smallest absolute Gasteiger partial charge is 0.313 e. The Bertz CT molecular complexity index is 275. The van der Waals surface area contributed by atoms with Gasteiger partial charge in [-0.3, -0.25) is 9.89 Å². The second kappa shape index (κ2) is 5.50. The van der Waals surface area contributed by atoms with Crippen LogP contribution in [0.5, 0.6) is 0 Å². The average Bonchev–Trinajstić information content (AvgIpc) is 2.52. The van der Waals surface area contributed by atoms with E-state index >= 15 is 0 Å². The molecule has 0 amide bonds. The molecule has 6 nitrogen and oxygen atoms in total. The highest BCUT2D eigenvalue weighted by Crippen LogP contribution is 1.93. The lowest BCUT2D eigenvalue weighted by molar-refractivity contribution is -0.139. The van der Waals surface area contributed by atoms with Crippen LogP contribution in [0.25, 0.3) is 0 Å². The van der Waals surface area contributed by atoms with Crippen molar-refractivity contribution in [3.63, 3.8) is 0 Å². The summed E-state index contributed by atoms with van der Waals surface area (Å²) in [6.45, 7) is 0.262. The molecule has 0 radical (unpaired) electrons. The predicted molar refractivity (Wildman–Crippen MR) is 47.2 cm³/mol. The zero-order chi connectivity index (χ0) is 8.97. The number of esters is 1. The van der Waals surface area contributed by atoms with Crippen LogP contribution in [0.2, 0.25) is 0 Å². The number of hydrogen-bond acceptors (Lipinski definition) is 5. The number of aromatic nitrogens is 3. The number of rotatable bonds is 3. The maximum absolute atomic E-state index is 10.7. The lowest BCUT2D eigenvalue weighted by Gasteiger charge is -1.92. The lowest BCUT2D eigenvalue weighted by Crippen LogP contribution is -2.06. The van der Waals surface area contributed by atoms with Crippen LogP contribution in [0.4, 0.5) is 0 Å². The number of halogens is 1. The quantitative estimate of drug-likeness (QED) is 0.645. The summed E-state index contributed by atoms with van der Waals surface area (Å²) >= 11 is 0. The van der Waals surface area contributed by atoms with E-state index < -0.39 is 0 Å². The van der Waals surface area contributed by atoms with Gasteiger partial charge >= 0.3 is 5.97 Å². The Labute approximate surface area is 81.3 Å².